The minimum atomic E-state index is -0.819. The largest absolute Gasteiger partial charge is 0.493 e. The molecular weight excluding hydrogens is 412 g/mol. The first kappa shape index (κ1) is 21.1. The summed E-state index contributed by atoms with van der Waals surface area (Å²) in [4.78, 5) is 36.8. The zero-order valence-corrected chi connectivity index (χ0v) is 17.8. The van der Waals surface area contributed by atoms with Gasteiger partial charge in [0.15, 0.2) is 17.3 Å². The number of ether oxygens (including phenoxy) is 2. The minimum absolute atomic E-state index is 0.0442. The fourth-order valence-electron chi connectivity index (χ4n) is 3.60. The number of ketones is 1. The Hall–Kier alpha value is -4.14. The van der Waals surface area contributed by atoms with Gasteiger partial charge in [0.05, 0.1) is 26.8 Å². The maximum absolute atomic E-state index is 13.0. The molecule has 1 atom stereocenters. The van der Waals surface area contributed by atoms with Gasteiger partial charge in [0.2, 0.25) is 11.8 Å². The first-order chi connectivity index (χ1) is 15.4. The predicted molar refractivity (Wildman–Crippen MR) is 118 cm³/mol. The van der Waals surface area contributed by atoms with E-state index in [0.29, 0.717) is 34.1 Å². The van der Waals surface area contributed by atoms with Crippen molar-refractivity contribution in [3.63, 3.8) is 0 Å². The summed E-state index contributed by atoms with van der Waals surface area (Å²) in [5.41, 5.74) is 2.49. The van der Waals surface area contributed by atoms with Gasteiger partial charge < -0.3 is 20.1 Å². The molecule has 2 heterocycles. The standard InChI is InChI=1S/C23H22N4O5/c1-13(28)14-4-7-16(8-5-14)25-23(30)18-11-21(29)26-22-17(12-24-27(18)22)15-6-9-19(31-2)20(10-15)32-3/h4-10,12,18H,11H2,1-3H3,(H,25,30)(H,26,29). The Kier molecular flexibility index (Phi) is 5.63. The average Bonchev–Trinajstić information content (AvgIpc) is 3.22. The van der Waals surface area contributed by atoms with Crippen LogP contribution < -0.4 is 20.1 Å². The summed E-state index contributed by atoms with van der Waals surface area (Å²) in [5, 5.41) is 9.98. The van der Waals surface area contributed by atoms with Crippen molar-refractivity contribution in [2.24, 2.45) is 0 Å². The molecule has 32 heavy (non-hydrogen) atoms. The topological polar surface area (TPSA) is 112 Å². The lowest BCUT2D eigenvalue weighted by Gasteiger charge is -2.24. The highest BCUT2D eigenvalue weighted by Crippen LogP contribution is 2.38. The van der Waals surface area contributed by atoms with Gasteiger partial charge in [-0.3, -0.25) is 14.4 Å². The van der Waals surface area contributed by atoms with Crippen molar-refractivity contribution >= 4 is 29.1 Å². The summed E-state index contributed by atoms with van der Waals surface area (Å²) >= 11 is 0. The molecule has 0 spiro atoms. The quantitative estimate of drug-likeness (QED) is 0.576. The predicted octanol–water partition coefficient (Wildman–Crippen LogP) is 3.29. The number of anilines is 2. The van der Waals surface area contributed by atoms with Gasteiger partial charge >= 0.3 is 0 Å². The summed E-state index contributed by atoms with van der Waals surface area (Å²) in [5.74, 6) is 0.825. The summed E-state index contributed by atoms with van der Waals surface area (Å²) in [7, 11) is 3.09. The van der Waals surface area contributed by atoms with E-state index in [4.69, 9.17) is 9.47 Å². The summed E-state index contributed by atoms with van der Waals surface area (Å²) < 4.78 is 12.1. The number of hydrogen-bond acceptors (Lipinski definition) is 6. The molecule has 1 aliphatic heterocycles. The van der Waals surface area contributed by atoms with E-state index in [9.17, 15) is 14.4 Å². The molecule has 2 amide bonds. The second-order valence-electron chi connectivity index (χ2n) is 7.31. The normalized spacial score (nSPS) is 14.8. The van der Waals surface area contributed by atoms with Gasteiger partial charge in [0.25, 0.3) is 0 Å². The van der Waals surface area contributed by atoms with E-state index in [0.717, 1.165) is 5.56 Å². The molecule has 1 aromatic heterocycles. The summed E-state index contributed by atoms with van der Waals surface area (Å²) in [6, 6.07) is 11.1. The van der Waals surface area contributed by atoms with Gasteiger partial charge in [-0.2, -0.15) is 5.10 Å². The molecular formula is C23H22N4O5. The molecule has 4 rings (SSSR count). The van der Waals surface area contributed by atoms with Crippen LogP contribution in [0, 0.1) is 0 Å². The molecule has 0 bridgehead atoms. The van der Waals surface area contributed by atoms with E-state index in [-0.39, 0.29) is 24.0 Å². The molecule has 2 aromatic carbocycles. The maximum Gasteiger partial charge on any atom is 0.249 e. The van der Waals surface area contributed by atoms with Crippen molar-refractivity contribution in [1.82, 2.24) is 9.78 Å². The molecule has 3 aromatic rings. The third-order valence-corrected chi connectivity index (χ3v) is 5.28. The van der Waals surface area contributed by atoms with Gasteiger partial charge in [0, 0.05) is 16.8 Å². The minimum Gasteiger partial charge on any atom is -0.493 e. The van der Waals surface area contributed by atoms with Crippen LogP contribution in [0.1, 0.15) is 29.7 Å². The van der Waals surface area contributed by atoms with Gasteiger partial charge in [-0.05, 0) is 48.9 Å². The van der Waals surface area contributed by atoms with Crippen molar-refractivity contribution in [1.29, 1.82) is 0 Å². The van der Waals surface area contributed by atoms with E-state index in [1.807, 2.05) is 6.07 Å². The van der Waals surface area contributed by atoms with Gasteiger partial charge in [-0.25, -0.2) is 4.68 Å². The fourth-order valence-corrected chi connectivity index (χ4v) is 3.60. The SMILES string of the molecule is COc1ccc(-c2cnn3c2NC(=O)CC3C(=O)Nc2ccc(C(C)=O)cc2)cc1OC. The van der Waals surface area contributed by atoms with Crippen LogP contribution in [0.15, 0.2) is 48.7 Å². The molecule has 2 N–H and O–H groups in total. The highest BCUT2D eigenvalue weighted by molar-refractivity contribution is 6.03. The first-order valence-electron chi connectivity index (χ1n) is 9.93. The number of nitrogens with one attached hydrogen (secondary N) is 2. The highest BCUT2D eigenvalue weighted by Gasteiger charge is 2.33. The van der Waals surface area contributed by atoms with Crippen LogP contribution >= 0.6 is 0 Å². The molecule has 0 fully saturated rings. The smallest absolute Gasteiger partial charge is 0.249 e. The Balaban J connectivity index is 1.63. The molecule has 0 saturated carbocycles. The molecule has 9 nitrogen and oxygen atoms in total. The maximum atomic E-state index is 13.0. The Bertz CT molecular complexity index is 1200. The van der Waals surface area contributed by atoms with E-state index < -0.39 is 6.04 Å². The lowest BCUT2D eigenvalue weighted by Crippen LogP contribution is -2.35. The Labute approximate surface area is 184 Å². The number of nitrogens with zero attached hydrogens (tertiary/aromatic N) is 2. The first-order valence-corrected chi connectivity index (χ1v) is 9.93. The monoisotopic (exact) mass is 434 g/mol. The number of methoxy groups -OCH3 is 2. The molecule has 0 aliphatic carbocycles. The van der Waals surface area contributed by atoms with Crippen molar-refractivity contribution in [2.45, 2.75) is 19.4 Å². The molecule has 9 heteroatoms. The van der Waals surface area contributed by atoms with E-state index in [1.165, 1.54) is 11.6 Å². The average molecular weight is 434 g/mol. The molecule has 0 saturated heterocycles. The number of hydrogen-bond donors (Lipinski definition) is 2. The number of carbonyl (C=O) groups excluding carboxylic acids is 3. The van der Waals surface area contributed by atoms with E-state index >= 15 is 0 Å². The van der Waals surface area contributed by atoms with Crippen LogP contribution in [0.4, 0.5) is 11.5 Å². The van der Waals surface area contributed by atoms with Crippen LogP contribution in [-0.2, 0) is 9.59 Å². The van der Waals surface area contributed by atoms with Crippen LogP contribution in [-0.4, -0.2) is 41.6 Å². The number of benzene rings is 2. The number of carbonyl (C=O) groups is 3. The molecule has 0 radical (unpaired) electrons. The molecule has 1 unspecified atom stereocenters. The van der Waals surface area contributed by atoms with Crippen LogP contribution in [0.3, 0.4) is 0 Å². The van der Waals surface area contributed by atoms with Crippen molar-refractivity contribution < 1.29 is 23.9 Å². The van der Waals surface area contributed by atoms with E-state index in [2.05, 4.69) is 15.7 Å². The Morgan fingerprint density at radius 1 is 1.09 bits per heavy atom. The zero-order valence-electron chi connectivity index (χ0n) is 17.8. The van der Waals surface area contributed by atoms with Gasteiger partial charge in [-0.15, -0.1) is 0 Å². The highest BCUT2D eigenvalue weighted by atomic mass is 16.5. The van der Waals surface area contributed by atoms with Crippen LogP contribution in [0.25, 0.3) is 11.1 Å². The summed E-state index contributed by atoms with van der Waals surface area (Å²) in [6.45, 7) is 1.48. The van der Waals surface area contributed by atoms with Crippen molar-refractivity contribution in [3.05, 3.63) is 54.2 Å². The third-order valence-electron chi connectivity index (χ3n) is 5.28. The number of amides is 2. The van der Waals surface area contributed by atoms with Gasteiger partial charge in [-0.1, -0.05) is 6.07 Å². The second kappa shape index (κ2) is 8.54. The van der Waals surface area contributed by atoms with Crippen LogP contribution in [0.2, 0.25) is 0 Å². The van der Waals surface area contributed by atoms with Crippen molar-refractivity contribution in [3.8, 4) is 22.6 Å². The zero-order chi connectivity index (χ0) is 22.8. The second-order valence-corrected chi connectivity index (χ2v) is 7.31. The third kappa shape index (κ3) is 3.92. The number of Topliss-reactive ketones (excluding diaryl/α,β-unsaturated/α-hetero) is 1. The van der Waals surface area contributed by atoms with Crippen molar-refractivity contribution in [2.75, 3.05) is 24.9 Å². The molecule has 164 valence electrons. The number of rotatable bonds is 6. The van der Waals surface area contributed by atoms with E-state index in [1.54, 1.807) is 56.8 Å². The van der Waals surface area contributed by atoms with Crippen LogP contribution in [0.5, 0.6) is 11.5 Å². The summed E-state index contributed by atoms with van der Waals surface area (Å²) in [6.07, 6.45) is 1.56. The lowest BCUT2D eigenvalue weighted by atomic mass is 10.1. The number of fused-ring (bicyclic) bond motifs is 1. The fraction of sp³-hybridized carbons (Fsp3) is 0.217. The number of aromatic nitrogens is 2. The Morgan fingerprint density at radius 2 is 1.81 bits per heavy atom. The Morgan fingerprint density at radius 3 is 2.47 bits per heavy atom. The van der Waals surface area contributed by atoms with Gasteiger partial charge in [0.1, 0.15) is 11.9 Å². The molecule has 1 aliphatic rings. The lowest BCUT2D eigenvalue weighted by molar-refractivity contribution is -0.125.